The number of rotatable bonds is 8. The highest BCUT2D eigenvalue weighted by molar-refractivity contribution is 7.89. The van der Waals surface area contributed by atoms with Crippen LogP contribution in [0, 0.1) is 0 Å². The molecule has 0 atom stereocenters. The van der Waals surface area contributed by atoms with Crippen LogP contribution in [0.5, 0.6) is 5.75 Å². The summed E-state index contributed by atoms with van der Waals surface area (Å²) in [5.41, 5.74) is 6.24. The van der Waals surface area contributed by atoms with Crippen molar-refractivity contribution in [2.45, 2.75) is 18.2 Å². The normalized spacial score (nSPS) is 11.6. The average Bonchev–Trinajstić information content (AvgIpc) is 2.44. The van der Waals surface area contributed by atoms with Crippen LogP contribution in [-0.2, 0) is 16.4 Å². The van der Waals surface area contributed by atoms with Crippen LogP contribution >= 0.6 is 0 Å². The number of likely N-dealkylation sites (N-methyl/N-ethyl adjacent to an activating group) is 1. The Balaban J connectivity index is 3.32. The Morgan fingerprint density at radius 1 is 1.45 bits per heavy atom. The zero-order valence-electron chi connectivity index (χ0n) is 12.0. The van der Waals surface area contributed by atoms with Crippen molar-refractivity contribution in [1.29, 1.82) is 0 Å². The Hall–Kier alpha value is -1.37. The standard InChI is InChI=1S/C14H22N2O3S/c1-4-10-16(5-2)20(17,18)14-7-6-13(19-3)11-12(14)8-9-15/h4,6-7,11H,1,5,8-10,15H2,2-3H3. The second-order valence-electron chi connectivity index (χ2n) is 4.26. The zero-order valence-corrected chi connectivity index (χ0v) is 12.8. The van der Waals surface area contributed by atoms with E-state index in [2.05, 4.69) is 6.58 Å². The Bertz CT molecular complexity index is 556. The molecule has 1 rings (SSSR count). The Morgan fingerprint density at radius 2 is 2.15 bits per heavy atom. The van der Waals surface area contributed by atoms with Gasteiger partial charge < -0.3 is 10.5 Å². The van der Waals surface area contributed by atoms with Crippen molar-refractivity contribution in [1.82, 2.24) is 4.31 Å². The average molecular weight is 298 g/mol. The van der Waals surface area contributed by atoms with E-state index in [0.717, 1.165) is 0 Å². The lowest BCUT2D eigenvalue weighted by molar-refractivity contribution is 0.413. The van der Waals surface area contributed by atoms with Crippen molar-refractivity contribution in [3.63, 3.8) is 0 Å². The highest BCUT2D eigenvalue weighted by atomic mass is 32.2. The molecule has 0 saturated heterocycles. The summed E-state index contributed by atoms with van der Waals surface area (Å²) in [6.07, 6.45) is 2.06. The molecular formula is C14H22N2O3S. The molecule has 1 aromatic rings. The van der Waals surface area contributed by atoms with Gasteiger partial charge >= 0.3 is 0 Å². The van der Waals surface area contributed by atoms with Crippen LogP contribution in [0.3, 0.4) is 0 Å². The SMILES string of the molecule is C=CCN(CC)S(=O)(=O)c1ccc(OC)cc1CCN. The first-order chi connectivity index (χ1) is 9.51. The van der Waals surface area contributed by atoms with Gasteiger partial charge in [0.2, 0.25) is 10.0 Å². The molecule has 0 aliphatic rings. The molecule has 0 unspecified atom stereocenters. The maximum Gasteiger partial charge on any atom is 0.243 e. The van der Waals surface area contributed by atoms with Crippen LogP contribution < -0.4 is 10.5 Å². The summed E-state index contributed by atoms with van der Waals surface area (Å²) in [5, 5.41) is 0. The topological polar surface area (TPSA) is 72.6 Å². The number of ether oxygens (including phenoxy) is 1. The van der Waals surface area contributed by atoms with Crippen molar-refractivity contribution in [2.24, 2.45) is 5.73 Å². The van der Waals surface area contributed by atoms with Gasteiger partial charge in [-0.15, -0.1) is 6.58 Å². The number of hydrogen-bond acceptors (Lipinski definition) is 4. The van der Waals surface area contributed by atoms with Crippen molar-refractivity contribution < 1.29 is 13.2 Å². The third kappa shape index (κ3) is 3.59. The molecule has 5 nitrogen and oxygen atoms in total. The van der Waals surface area contributed by atoms with Gasteiger partial charge in [0, 0.05) is 13.1 Å². The second kappa shape index (κ2) is 7.42. The maximum absolute atomic E-state index is 12.6. The molecule has 0 aromatic heterocycles. The van der Waals surface area contributed by atoms with Crippen molar-refractivity contribution >= 4 is 10.0 Å². The molecule has 0 saturated carbocycles. The minimum absolute atomic E-state index is 0.285. The number of nitrogens with two attached hydrogens (primary N) is 1. The van der Waals surface area contributed by atoms with E-state index in [9.17, 15) is 8.42 Å². The van der Waals surface area contributed by atoms with Gasteiger partial charge in [-0.3, -0.25) is 0 Å². The molecule has 0 bridgehead atoms. The molecule has 20 heavy (non-hydrogen) atoms. The first kappa shape index (κ1) is 16.7. The molecule has 0 amide bonds. The number of sulfonamides is 1. The largest absolute Gasteiger partial charge is 0.497 e. The van der Waals surface area contributed by atoms with E-state index < -0.39 is 10.0 Å². The van der Waals surface area contributed by atoms with Crippen LogP contribution in [0.25, 0.3) is 0 Å². The number of benzene rings is 1. The Kier molecular flexibility index (Phi) is 6.19. The highest BCUT2D eigenvalue weighted by Crippen LogP contribution is 2.25. The van der Waals surface area contributed by atoms with Gasteiger partial charge in [0.15, 0.2) is 0 Å². The number of nitrogens with zero attached hydrogens (tertiary/aromatic N) is 1. The molecule has 6 heteroatoms. The summed E-state index contributed by atoms with van der Waals surface area (Å²) in [4.78, 5) is 0.285. The quantitative estimate of drug-likeness (QED) is 0.736. The molecule has 0 fully saturated rings. The van der Waals surface area contributed by atoms with E-state index in [1.807, 2.05) is 0 Å². The predicted octanol–water partition coefficient (Wildman–Crippen LogP) is 1.39. The summed E-state index contributed by atoms with van der Waals surface area (Å²) in [5.74, 6) is 0.624. The lowest BCUT2D eigenvalue weighted by Crippen LogP contribution is -2.31. The van der Waals surface area contributed by atoms with E-state index in [1.165, 1.54) is 4.31 Å². The van der Waals surface area contributed by atoms with Crippen LogP contribution in [0.2, 0.25) is 0 Å². The van der Waals surface area contributed by atoms with E-state index in [4.69, 9.17) is 10.5 Å². The molecule has 0 heterocycles. The third-order valence-corrected chi connectivity index (χ3v) is 5.03. The fourth-order valence-corrected chi connectivity index (χ4v) is 3.62. The van der Waals surface area contributed by atoms with Crippen LogP contribution in [0.1, 0.15) is 12.5 Å². The van der Waals surface area contributed by atoms with Gasteiger partial charge in [-0.1, -0.05) is 13.0 Å². The maximum atomic E-state index is 12.6. The zero-order chi connectivity index (χ0) is 15.2. The number of methoxy groups -OCH3 is 1. The highest BCUT2D eigenvalue weighted by Gasteiger charge is 2.24. The summed E-state index contributed by atoms with van der Waals surface area (Å²) >= 11 is 0. The molecule has 0 radical (unpaired) electrons. The first-order valence-electron chi connectivity index (χ1n) is 6.49. The number of hydrogen-bond donors (Lipinski definition) is 1. The van der Waals surface area contributed by atoms with E-state index >= 15 is 0 Å². The Labute approximate surface area is 121 Å². The summed E-state index contributed by atoms with van der Waals surface area (Å²) in [6, 6.07) is 4.95. The summed E-state index contributed by atoms with van der Waals surface area (Å²) in [6.45, 7) is 6.45. The monoisotopic (exact) mass is 298 g/mol. The summed E-state index contributed by atoms with van der Waals surface area (Å²) < 4.78 is 31.8. The van der Waals surface area contributed by atoms with Gasteiger partial charge in [-0.2, -0.15) is 4.31 Å². The molecule has 0 aliphatic carbocycles. The van der Waals surface area contributed by atoms with Crippen molar-refractivity contribution in [3.8, 4) is 5.75 Å². The first-order valence-corrected chi connectivity index (χ1v) is 7.93. The summed E-state index contributed by atoms with van der Waals surface area (Å²) in [7, 11) is -1.99. The van der Waals surface area contributed by atoms with E-state index in [0.29, 0.717) is 30.8 Å². The Morgan fingerprint density at radius 3 is 2.65 bits per heavy atom. The molecule has 112 valence electrons. The lowest BCUT2D eigenvalue weighted by atomic mass is 10.1. The molecule has 0 spiro atoms. The minimum Gasteiger partial charge on any atom is -0.497 e. The smallest absolute Gasteiger partial charge is 0.243 e. The molecule has 0 aliphatic heterocycles. The van der Waals surface area contributed by atoms with Crippen molar-refractivity contribution in [3.05, 3.63) is 36.4 Å². The van der Waals surface area contributed by atoms with Crippen LogP contribution in [-0.4, -0.2) is 39.5 Å². The molecular weight excluding hydrogens is 276 g/mol. The fourth-order valence-electron chi connectivity index (χ4n) is 1.97. The van der Waals surface area contributed by atoms with E-state index in [1.54, 1.807) is 38.3 Å². The molecule has 1 aromatic carbocycles. The van der Waals surface area contributed by atoms with Gasteiger partial charge in [-0.25, -0.2) is 8.42 Å². The lowest BCUT2D eigenvalue weighted by Gasteiger charge is -2.21. The van der Waals surface area contributed by atoms with Gasteiger partial charge in [-0.05, 0) is 36.7 Å². The van der Waals surface area contributed by atoms with Crippen LogP contribution in [0.4, 0.5) is 0 Å². The van der Waals surface area contributed by atoms with Gasteiger partial charge in [0.1, 0.15) is 5.75 Å². The van der Waals surface area contributed by atoms with Gasteiger partial charge in [0.05, 0.1) is 12.0 Å². The third-order valence-electron chi connectivity index (χ3n) is 2.98. The fraction of sp³-hybridized carbons (Fsp3) is 0.429. The van der Waals surface area contributed by atoms with Crippen molar-refractivity contribution in [2.75, 3.05) is 26.7 Å². The second-order valence-corrected chi connectivity index (χ2v) is 6.16. The van der Waals surface area contributed by atoms with E-state index in [-0.39, 0.29) is 11.4 Å². The van der Waals surface area contributed by atoms with Crippen LogP contribution in [0.15, 0.2) is 35.7 Å². The minimum atomic E-state index is -3.54. The molecule has 2 N–H and O–H groups in total. The predicted molar refractivity (Wildman–Crippen MR) is 80.4 cm³/mol. The van der Waals surface area contributed by atoms with Gasteiger partial charge in [0.25, 0.3) is 0 Å².